The maximum Gasteiger partial charge on any atom is 0.105 e. The lowest BCUT2D eigenvalue weighted by Gasteiger charge is -2.17. The fourth-order valence-electron chi connectivity index (χ4n) is 4.19. The Morgan fingerprint density at radius 3 is 2.14 bits per heavy atom. The minimum atomic E-state index is -0.469. The van der Waals surface area contributed by atoms with Gasteiger partial charge in [-0.15, -0.1) is 5.10 Å². The third kappa shape index (κ3) is 8.20. The molecule has 0 aromatic carbocycles. The lowest BCUT2D eigenvalue weighted by molar-refractivity contribution is 0.0319. The van der Waals surface area contributed by atoms with Crippen LogP contribution in [0, 0.1) is 0 Å². The molecule has 1 aromatic rings. The van der Waals surface area contributed by atoms with Gasteiger partial charge >= 0.3 is 0 Å². The second-order valence-electron chi connectivity index (χ2n) is 8.55. The number of rotatable bonds is 16. The Balaban J connectivity index is 1.48. The summed E-state index contributed by atoms with van der Waals surface area (Å²) in [4.78, 5) is 0. The summed E-state index contributed by atoms with van der Waals surface area (Å²) in [6.45, 7) is 4.95. The van der Waals surface area contributed by atoms with Gasteiger partial charge in [0.15, 0.2) is 0 Å². The van der Waals surface area contributed by atoms with E-state index in [-0.39, 0.29) is 12.1 Å². The van der Waals surface area contributed by atoms with Gasteiger partial charge in [-0.1, -0.05) is 103 Å². The van der Waals surface area contributed by atoms with Gasteiger partial charge in [0.1, 0.15) is 12.1 Å². The second kappa shape index (κ2) is 14.1. The van der Waals surface area contributed by atoms with E-state index >= 15 is 0 Å². The quantitative estimate of drug-likeness (QED) is 0.370. The first-order valence-corrected chi connectivity index (χ1v) is 12.0. The summed E-state index contributed by atoms with van der Waals surface area (Å²) in [6, 6.07) is -0.0829. The van der Waals surface area contributed by atoms with Crippen LogP contribution in [0.3, 0.4) is 0 Å². The molecule has 1 aliphatic rings. The maximum absolute atomic E-state index is 10.6. The Hall–Kier alpha value is -0.940. The molecule has 0 bridgehead atoms. The van der Waals surface area contributed by atoms with E-state index in [1.807, 2.05) is 6.20 Å². The number of unbranched alkanes of at least 4 members (excludes halogenated alkanes) is 11. The minimum Gasteiger partial charge on any atom is -0.388 e. The summed E-state index contributed by atoms with van der Waals surface area (Å²) in [6.07, 6.45) is 20.6. The van der Waals surface area contributed by atoms with Crippen molar-refractivity contribution in [2.75, 3.05) is 6.61 Å². The number of aliphatic hydroxyl groups excluding tert-OH is 1. The molecular formula is C23H43N3O2. The Morgan fingerprint density at radius 1 is 0.929 bits per heavy atom. The van der Waals surface area contributed by atoms with Gasteiger partial charge in [-0.05, 0) is 12.8 Å². The molecule has 5 nitrogen and oxygen atoms in total. The Bertz CT molecular complexity index is 506. The fraction of sp³-hybridized carbons (Fsp3) is 0.913. The number of hydrogen-bond donors (Lipinski definition) is 1. The highest BCUT2D eigenvalue weighted by atomic mass is 16.5. The van der Waals surface area contributed by atoms with Crippen LogP contribution in [0.1, 0.15) is 115 Å². The topological polar surface area (TPSA) is 60.2 Å². The van der Waals surface area contributed by atoms with Gasteiger partial charge in [0.2, 0.25) is 0 Å². The predicted octanol–water partition coefficient (Wildman–Crippen LogP) is 5.62. The smallest absolute Gasteiger partial charge is 0.105 e. The highest BCUT2D eigenvalue weighted by Gasteiger charge is 2.37. The molecule has 1 fully saturated rings. The third-order valence-electron chi connectivity index (χ3n) is 6.00. The molecule has 0 amide bonds. The van der Waals surface area contributed by atoms with Crippen LogP contribution < -0.4 is 0 Å². The van der Waals surface area contributed by atoms with Crippen LogP contribution in [0.5, 0.6) is 0 Å². The molecule has 28 heavy (non-hydrogen) atoms. The van der Waals surface area contributed by atoms with Crippen molar-refractivity contribution in [3.05, 3.63) is 11.9 Å². The number of aryl methyl sites for hydroxylation is 1. The molecule has 2 rings (SSSR count). The van der Waals surface area contributed by atoms with E-state index in [1.165, 1.54) is 70.6 Å². The van der Waals surface area contributed by atoms with Crippen molar-refractivity contribution in [3.63, 3.8) is 0 Å². The first-order chi connectivity index (χ1) is 13.8. The van der Waals surface area contributed by atoms with Crippen molar-refractivity contribution in [3.8, 4) is 0 Å². The monoisotopic (exact) mass is 393 g/mol. The van der Waals surface area contributed by atoms with Crippen molar-refractivity contribution < 1.29 is 9.84 Å². The van der Waals surface area contributed by atoms with E-state index in [9.17, 15) is 5.11 Å². The molecule has 3 atom stereocenters. The molecule has 5 heteroatoms. The Labute approximate surface area is 172 Å². The molecule has 0 aliphatic carbocycles. The van der Waals surface area contributed by atoms with Crippen LogP contribution in [0.4, 0.5) is 0 Å². The van der Waals surface area contributed by atoms with Crippen LogP contribution in [0.2, 0.25) is 0 Å². The largest absolute Gasteiger partial charge is 0.388 e. The van der Waals surface area contributed by atoms with E-state index in [0.29, 0.717) is 6.61 Å². The number of nitrogens with zero attached hydrogens (tertiary/aromatic N) is 3. The van der Waals surface area contributed by atoms with Crippen molar-refractivity contribution in [2.24, 2.45) is 0 Å². The highest BCUT2D eigenvalue weighted by molar-refractivity contribution is 4.96. The summed E-state index contributed by atoms with van der Waals surface area (Å²) in [7, 11) is 0. The molecule has 1 aromatic heterocycles. The van der Waals surface area contributed by atoms with Crippen molar-refractivity contribution >= 4 is 0 Å². The van der Waals surface area contributed by atoms with Crippen molar-refractivity contribution in [2.45, 2.75) is 128 Å². The maximum atomic E-state index is 10.6. The lowest BCUT2D eigenvalue weighted by Crippen LogP contribution is -2.28. The molecule has 0 radical (unpaired) electrons. The van der Waals surface area contributed by atoms with E-state index in [4.69, 9.17) is 4.74 Å². The van der Waals surface area contributed by atoms with Gasteiger partial charge < -0.3 is 9.84 Å². The zero-order valence-corrected chi connectivity index (χ0v) is 18.3. The molecule has 0 unspecified atom stereocenters. The predicted molar refractivity (Wildman–Crippen MR) is 114 cm³/mol. The summed E-state index contributed by atoms with van der Waals surface area (Å²) in [5.74, 6) is 0. The molecule has 162 valence electrons. The lowest BCUT2D eigenvalue weighted by atomic mass is 10.0. The summed E-state index contributed by atoms with van der Waals surface area (Å²) in [5.41, 5.74) is 0.999. The molecule has 0 spiro atoms. The first-order valence-electron chi connectivity index (χ1n) is 12.0. The van der Waals surface area contributed by atoms with Gasteiger partial charge in [-0.3, -0.25) is 0 Å². The van der Waals surface area contributed by atoms with Crippen molar-refractivity contribution in [1.29, 1.82) is 0 Å². The normalized spacial score (nSPS) is 22.2. The average molecular weight is 394 g/mol. The molecule has 0 saturated carbocycles. The first kappa shape index (κ1) is 23.3. The Kier molecular flexibility index (Phi) is 11.8. The number of aliphatic hydroxyl groups is 1. The van der Waals surface area contributed by atoms with Crippen molar-refractivity contribution in [1.82, 2.24) is 15.0 Å². The van der Waals surface area contributed by atoms with Crippen LogP contribution >= 0.6 is 0 Å². The van der Waals surface area contributed by atoms with Gasteiger partial charge in [-0.2, -0.15) is 0 Å². The zero-order valence-electron chi connectivity index (χ0n) is 18.3. The van der Waals surface area contributed by atoms with Gasteiger partial charge in [0.25, 0.3) is 0 Å². The van der Waals surface area contributed by atoms with E-state index in [0.717, 1.165) is 31.4 Å². The molecule has 1 saturated heterocycles. The fourth-order valence-corrected chi connectivity index (χ4v) is 4.19. The van der Waals surface area contributed by atoms with E-state index in [1.54, 1.807) is 4.68 Å². The van der Waals surface area contributed by atoms with Crippen LogP contribution in [-0.2, 0) is 11.2 Å². The van der Waals surface area contributed by atoms with Crippen LogP contribution in [-0.4, -0.2) is 38.9 Å². The SMILES string of the molecule is CCCCCCCCCCCCCC[C@@H]1OC[C@H](n2cc(CCC)nn2)[C@@H]1O. The van der Waals surface area contributed by atoms with Gasteiger partial charge in [0, 0.05) is 6.20 Å². The summed E-state index contributed by atoms with van der Waals surface area (Å²) < 4.78 is 7.67. The van der Waals surface area contributed by atoms with Crippen LogP contribution in [0.25, 0.3) is 0 Å². The number of hydrogen-bond acceptors (Lipinski definition) is 4. The highest BCUT2D eigenvalue weighted by Crippen LogP contribution is 2.28. The van der Waals surface area contributed by atoms with Crippen LogP contribution in [0.15, 0.2) is 6.20 Å². The van der Waals surface area contributed by atoms with E-state index < -0.39 is 6.10 Å². The zero-order chi connectivity index (χ0) is 20.0. The standard InChI is InChI=1S/C23H43N3O2/c1-3-5-6-7-8-9-10-11-12-13-14-15-17-22-23(27)21(19-28-22)26-18-20(16-4-2)24-25-26/h18,21-23,27H,3-17,19H2,1-2H3/t21-,22-,23-/m0/s1. The molecular weight excluding hydrogens is 350 g/mol. The molecule has 2 heterocycles. The minimum absolute atomic E-state index is 0.0491. The van der Waals surface area contributed by atoms with E-state index in [2.05, 4.69) is 24.2 Å². The van der Waals surface area contributed by atoms with Gasteiger partial charge in [0.05, 0.1) is 18.4 Å². The second-order valence-corrected chi connectivity index (χ2v) is 8.55. The number of ether oxygens (including phenoxy) is 1. The average Bonchev–Trinajstić information content (AvgIpc) is 3.29. The Morgan fingerprint density at radius 2 is 1.54 bits per heavy atom. The summed E-state index contributed by atoms with van der Waals surface area (Å²) in [5, 5.41) is 19.0. The summed E-state index contributed by atoms with van der Waals surface area (Å²) >= 11 is 0. The molecule has 1 N–H and O–H groups in total. The van der Waals surface area contributed by atoms with Gasteiger partial charge in [-0.25, -0.2) is 4.68 Å². The molecule has 1 aliphatic heterocycles. The number of aromatic nitrogens is 3. The third-order valence-corrected chi connectivity index (χ3v) is 6.00.